The highest BCUT2D eigenvalue weighted by atomic mass is 16.5. The van der Waals surface area contributed by atoms with Gasteiger partial charge in [0.15, 0.2) is 0 Å². The van der Waals surface area contributed by atoms with Crippen LogP contribution in [-0.4, -0.2) is 128 Å². The van der Waals surface area contributed by atoms with E-state index in [1.54, 1.807) is 0 Å². The molecule has 300 valence electrons. The molecule has 0 aliphatic rings. The minimum Gasteiger partial charge on any atom is -0.465 e. The van der Waals surface area contributed by atoms with E-state index in [4.69, 9.17) is 9.47 Å². The fraction of sp³-hybridized carbons (Fsp3) is 0.897. The summed E-state index contributed by atoms with van der Waals surface area (Å²) >= 11 is 0. The molecule has 0 aliphatic heterocycles. The van der Waals surface area contributed by atoms with Gasteiger partial charge in [0.25, 0.3) is 0 Å². The number of imide groups is 1. The van der Waals surface area contributed by atoms with Gasteiger partial charge in [-0.2, -0.15) is 0 Å². The quantitative estimate of drug-likeness (QED) is 0.0380. The maximum absolute atomic E-state index is 12.8. The first kappa shape index (κ1) is 48.6. The van der Waals surface area contributed by atoms with Gasteiger partial charge in [-0.15, -0.1) is 0 Å². The summed E-state index contributed by atoms with van der Waals surface area (Å²) in [6.07, 6.45) is 19.9. The summed E-state index contributed by atoms with van der Waals surface area (Å²) in [5.41, 5.74) is 0. The zero-order chi connectivity index (χ0) is 38.0. The average Bonchev–Trinajstić information content (AvgIpc) is 3.12. The molecule has 0 radical (unpaired) electrons. The van der Waals surface area contributed by atoms with Crippen LogP contribution in [0.15, 0.2) is 0 Å². The number of amides is 3. The van der Waals surface area contributed by atoms with Gasteiger partial charge in [0.1, 0.15) is 13.2 Å². The van der Waals surface area contributed by atoms with Gasteiger partial charge >= 0.3 is 24.1 Å². The number of hydrogen-bond acceptors (Lipinski definition) is 9. The molecule has 0 saturated carbocycles. The van der Waals surface area contributed by atoms with E-state index in [0.717, 1.165) is 64.7 Å². The molecule has 3 amide bonds. The van der Waals surface area contributed by atoms with Gasteiger partial charge in [0.2, 0.25) is 0 Å². The van der Waals surface area contributed by atoms with Gasteiger partial charge in [0.05, 0.1) is 26.1 Å². The van der Waals surface area contributed by atoms with Gasteiger partial charge in [-0.05, 0) is 51.9 Å². The molecule has 0 atom stereocenters. The van der Waals surface area contributed by atoms with Crippen molar-refractivity contribution in [3.63, 3.8) is 0 Å². The van der Waals surface area contributed by atoms with Crippen LogP contribution in [0.1, 0.15) is 150 Å². The summed E-state index contributed by atoms with van der Waals surface area (Å²) in [7, 11) is 1.18. The summed E-state index contributed by atoms with van der Waals surface area (Å²) in [5.74, 6) is -0.600. The Labute approximate surface area is 311 Å². The molecule has 51 heavy (non-hydrogen) atoms. The monoisotopic (exact) mass is 728 g/mol. The van der Waals surface area contributed by atoms with Gasteiger partial charge in [-0.3, -0.25) is 14.9 Å². The summed E-state index contributed by atoms with van der Waals surface area (Å²) in [6, 6.07) is -0.736. The van der Waals surface area contributed by atoms with Crippen molar-refractivity contribution >= 4 is 24.1 Å². The first-order valence-electron chi connectivity index (χ1n) is 20.4. The first-order chi connectivity index (χ1) is 24.7. The number of nitrogens with zero attached hydrogens (tertiary/aromatic N) is 4. The summed E-state index contributed by atoms with van der Waals surface area (Å²) in [6.45, 7) is 14.4. The second-order valence-corrected chi connectivity index (χ2v) is 13.8. The van der Waals surface area contributed by atoms with E-state index < -0.39 is 12.1 Å². The lowest BCUT2D eigenvalue weighted by Gasteiger charge is -2.26. The molecule has 0 rings (SSSR count). The topological polar surface area (TPSA) is 132 Å². The van der Waals surface area contributed by atoms with Crippen molar-refractivity contribution in [1.82, 2.24) is 24.9 Å². The number of urea groups is 1. The van der Waals surface area contributed by atoms with Gasteiger partial charge in [-0.25, -0.2) is 14.5 Å². The third-order valence-electron chi connectivity index (χ3n) is 9.14. The van der Waals surface area contributed by atoms with Crippen LogP contribution in [0.3, 0.4) is 0 Å². The fourth-order valence-corrected chi connectivity index (χ4v) is 5.74. The lowest BCUT2D eigenvalue weighted by molar-refractivity contribution is -0.144. The van der Waals surface area contributed by atoms with E-state index in [0.29, 0.717) is 24.4 Å². The van der Waals surface area contributed by atoms with Crippen molar-refractivity contribution in [1.29, 1.82) is 0 Å². The number of carboxylic acid groups (broad SMARTS) is 1. The van der Waals surface area contributed by atoms with E-state index in [9.17, 15) is 24.3 Å². The molecule has 0 saturated heterocycles. The zero-order valence-electron chi connectivity index (χ0n) is 33.4. The Kier molecular flexibility index (Phi) is 33.0. The minimum absolute atomic E-state index is 0.0118. The van der Waals surface area contributed by atoms with Crippen LogP contribution >= 0.6 is 0 Å². The molecule has 0 fully saturated rings. The number of unbranched alkanes of at least 4 members (excludes halogenated alkanes) is 13. The Morgan fingerprint density at radius 3 is 1.39 bits per heavy atom. The third kappa shape index (κ3) is 28.8. The van der Waals surface area contributed by atoms with Crippen LogP contribution in [0.5, 0.6) is 0 Å². The van der Waals surface area contributed by atoms with Crippen LogP contribution in [0.2, 0.25) is 0 Å². The summed E-state index contributed by atoms with van der Waals surface area (Å²) in [4.78, 5) is 55.8. The van der Waals surface area contributed by atoms with Gasteiger partial charge in [-0.1, -0.05) is 111 Å². The lowest BCUT2D eigenvalue weighted by Crippen LogP contribution is -2.49. The maximum Gasteiger partial charge on any atom is 0.415 e. The van der Waals surface area contributed by atoms with Crippen molar-refractivity contribution < 1.29 is 33.8 Å². The molecular weight excluding hydrogens is 650 g/mol. The molecule has 0 aromatic heterocycles. The van der Waals surface area contributed by atoms with E-state index in [-0.39, 0.29) is 51.3 Å². The lowest BCUT2D eigenvalue weighted by atomic mass is 10.1. The van der Waals surface area contributed by atoms with E-state index in [1.165, 1.54) is 82.6 Å². The van der Waals surface area contributed by atoms with Crippen LogP contribution in [0, 0.1) is 0 Å². The highest BCUT2D eigenvalue weighted by Crippen LogP contribution is 2.10. The molecule has 0 spiro atoms. The Balaban J connectivity index is 4.69. The predicted octanol–water partition coefficient (Wildman–Crippen LogP) is 7.75. The SMILES string of the molecule is CCCCCCCCCN(CCCCCCCC)CCC(=O)OCCNCN(CCOC(=O)CCN(CCCC)CCCC)C(=O)N(C)C(=O)O. The number of esters is 2. The second kappa shape index (κ2) is 34.6. The fourth-order valence-electron chi connectivity index (χ4n) is 5.74. The molecule has 0 aliphatic carbocycles. The number of nitrogens with one attached hydrogen (secondary N) is 1. The number of rotatable bonds is 35. The van der Waals surface area contributed by atoms with E-state index >= 15 is 0 Å². The Bertz CT molecular complexity index is 871. The normalized spacial score (nSPS) is 11.3. The summed E-state index contributed by atoms with van der Waals surface area (Å²) < 4.78 is 10.9. The molecule has 0 aromatic rings. The van der Waals surface area contributed by atoms with Crippen LogP contribution < -0.4 is 5.32 Å². The number of ether oxygens (including phenoxy) is 2. The number of hydrogen-bond donors (Lipinski definition) is 2. The number of carbonyl (C=O) groups excluding carboxylic acids is 3. The Morgan fingerprint density at radius 1 is 0.529 bits per heavy atom. The first-order valence-corrected chi connectivity index (χ1v) is 20.4. The number of carbonyl (C=O) groups is 4. The zero-order valence-corrected chi connectivity index (χ0v) is 33.4. The van der Waals surface area contributed by atoms with E-state index in [1.807, 2.05) is 0 Å². The Hall–Kier alpha value is -2.44. The van der Waals surface area contributed by atoms with Crippen LogP contribution in [-0.2, 0) is 19.1 Å². The largest absolute Gasteiger partial charge is 0.465 e. The average molecular weight is 728 g/mol. The molecule has 0 heterocycles. The molecule has 12 heteroatoms. The minimum atomic E-state index is -1.38. The van der Waals surface area contributed by atoms with Crippen molar-refractivity contribution in [3.8, 4) is 0 Å². The highest BCUT2D eigenvalue weighted by molar-refractivity contribution is 5.89. The second-order valence-electron chi connectivity index (χ2n) is 13.8. The standard InChI is InChI=1S/C39H77N5O7/c1-6-10-14-16-18-20-22-29-43(28-21-19-17-15-11-7-2)31-23-36(45)50-33-25-40-35-44(38(47)41(5)39(48)49)32-34-51-37(46)24-30-42(26-12-8-3)27-13-9-4/h40H,6-35H2,1-5H3,(H,48,49). The van der Waals surface area contributed by atoms with Crippen molar-refractivity contribution in [2.75, 3.05) is 79.3 Å². The summed E-state index contributed by atoms with van der Waals surface area (Å²) in [5, 5.41) is 12.4. The molecule has 2 N–H and O–H groups in total. The maximum atomic E-state index is 12.8. The van der Waals surface area contributed by atoms with Crippen molar-refractivity contribution in [2.24, 2.45) is 0 Å². The van der Waals surface area contributed by atoms with Crippen molar-refractivity contribution in [3.05, 3.63) is 0 Å². The highest BCUT2D eigenvalue weighted by Gasteiger charge is 2.23. The molecule has 0 bridgehead atoms. The molecule has 12 nitrogen and oxygen atoms in total. The van der Waals surface area contributed by atoms with Gasteiger partial charge in [0, 0.05) is 26.7 Å². The van der Waals surface area contributed by atoms with Crippen LogP contribution in [0.25, 0.3) is 0 Å². The van der Waals surface area contributed by atoms with Crippen LogP contribution in [0.4, 0.5) is 9.59 Å². The van der Waals surface area contributed by atoms with E-state index in [2.05, 4.69) is 42.8 Å². The molecule has 0 unspecified atom stereocenters. The third-order valence-corrected chi connectivity index (χ3v) is 9.14. The smallest absolute Gasteiger partial charge is 0.415 e. The van der Waals surface area contributed by atoms with Gasteiger partial charge < -0.3 is 29.3 Å². The Morgan fingerprint density at radius 2 is 0.941 bits per heavy atom. The van der Waals surface area contributed by atoms with Crippen molar-refractivity contribution in [2.45, 2.75) is 150 Å². The predicted molar refractivity (Wildman–Crippen MR) is 206 cm³/mol. The molecular formula is C39H77N5O7. The molecule has 0 aromatic carbocycles.